The number of piperidine rings is 1. The molecule has 0 bridgehead atoms. The maximum atomic E-state index is 12.9. The van der Waals surface area contributed by atoms with Gasteiger partial charge in [0.05, 0.1) is 0 Å². The van der Waals surface area contributed by atoms with Crippen molar-refractivity contribution in [2.45, 2.75) is 30.5 Å². The van der Waals surface area contributed by atoms with Crippen LogP contribution in [0.1, 0.15) is 19.3 Å². The van der Waals surface area contributed by atoms with Gasteiger partial charge in [-0.2, -0.15) is 4.31 Å². The molecule has 1 saturated heterocycles. The zero-order chi connectivity index (χ0) is 19.7. The second kappa shape index (κ2) is 7.97. The third-order valence-corrected chi connectivity index (χ3v) is 7.21. The lowest BCUT2D eigenvalue weighted by molar-refractivity contribution is -0.275. The summed E-state index contributed by atoms with van der Waals surface area (Å²) in [5, 5.41) is 0. The molecule has 9 heteroatoms. The highest BCUT2D eigenvalue weighted by atomic mass is 79.9. The Balaban J connectivity index is 1.78. The van der Waals surface area contributed by atoms with Crippen molar-refractivity contribution in [2.24, 2.45) is 11.8 Å². The summed E-state index contributed by atoms with van der Waals surface area (Å²) in [6.07, 6.45) is 5.71. The van der Waals surface area contributed by atoms with Crippen LogP contribution < -0.4 is 4.74 Å². The van der Waals surface area contributed by atoms with Crippen LogP contribution in [0.15, 0.2) is 51.9 Å². The lowest BCUT2D eigenvalue weighted by Crippen LogP contribution is -2.40. The van der Waals surface area contributed by atoms with Gasteiger partial charge in [0.2, 0.25) is 10.0 Å². The molecule has 0 radical (unpaired) electrons. The third kappa shape index (κ3) is 4.94. The standard InChI is InChI=1S/C18H19BrF3NO3S/c19-15-6-7-17(16(12-15)26-18(20,21)22)27(24,25)23-10-8-14(9-11-23)13-4-2-1-3-5-13/h2-7,12-14H,1,8-11H2. The number of halogens is 4. The molecule has 1 aromatic rings. The molecule has 1 fully saturated rings. The van der Waals surface area contributed by atoms with E-state index in [-0.39, 0.29) is 13.1 Å². The molecule has 2 aliphatic rings. The molecule has 4 nitrogen and oxygen atoms in total. The summed E-state index contributed by atoms with van der Waals surface area (Å²) in [7, 11) is -4.08. The SMILES string of the molecule is O=S(=O)(c1ccc(Br)cc1OC(F)(F)F)N1CCC(C2C=CCC=C2)CC1. The van der Waals surface area contributed by atoms with Gasteiger partial charge in [0.25, 0.3) is 0 Å². The van der Waals surface area contributed by atoms with Crippen LogP contribution in [0.5, 0.6) is 5.75 Å². The fourth-order valence-corrected chi connectivity index (χ4v) is 5.37. The Morgan fingerprint density at radius 3 is 2.33 bits per heavy atom. The molecule has 0 spiro atoms. The Kier molecular flexibility index (Phi) is 6.02. The van der Waals surface area contributed by atoms with E-state index in [2.05, 4.69) is 45.0 Å². The number of ether oxygens (including phenoxy) is 1. The van der Waals surface area contributed by atoms with Crippen molar-refractivity contribution in [3.63, 3.8) is 0 Å². The van der Waals surface area contributed by atoms with Crippen LogP contribution >= 0.6 is 15.9 Å². The van der Waals surface area contributed by atoms with Gasteiger partial charge in [-0.25, -0.2) is 8.42 Å². The average Bonchev–Trinajstić information content (AvgIpc) is 2.61. The molecular formula is C18H19BrF3NO3S. The first-order valence-electron chi connectivity index (χ1n) is 8.55. The quantitative estimate of drug-likeness (QED) is 0.595. The highest BCUT2D eigenvalue weighted by Crippen LogP contribution is 2.36. The maximum absolute atomic E-state index is 12.9. The summed E-state index contributed by atoms with van der Waals surface area (Å²) >= 11 is 3.05. The van der Waals surface area contributed by atoms with E-state index in [0.29, 0.717) is 29.2 Å². The summed E-state index contributed by atoms with van der Waals surface area (Å²) < 4.78 is 69.4. The van der Waals surface area contributed by atoms with E-state index in [1.807, 2.05) is 0 Å². The molecule has 1 heterocycles. The van der Waals surface area contributed by atoms with Gasteiger partial charge < -0.3 is 4.74 Å². The molecular weight excluding hydrogens is 447 g/mol. The van der Waals surface area contributed by atoms with Gasteiger partial charge in [-0.3, -0.25) is 0 Å². The zero-order valence-electron chi connectivity index (χ0n) is 14.3. The first kappa shape index (κ1) is 20.4. The molecule has 0 saturated carbocycles. The third-order valence-electron chi connectivity index (χ3n) is 4.78. The van der Waals surface area contributed by atoms with Crippen molar-refractivity contribution in [2.75, 3.05) is 13.1 Å². The molecule has 0 unspecified atom stereocenters. The molecule has 1 aromatic carbocycles. The minimum atomic E-state index is -4.97. The molecule has 3 rings (SSSR count). The van der Waals surface area contributed by atoms with E-state index in [1.165, 1.54) is 10.4 Å². The second-order valence-corrected chi connectivity index (χ2v) is 9.37. The van der Waals surface area contributed by atoms with Crippen LogP contribution in [-0.4, -0.2) is 32.2 Å². The van der Waals surface area contributed by atoms with Crippen LogP contribution in [0.25, 0.3) is 0 Å². The van der Waals surface area contributed by atoms with E-state index >= 15 is 0 Å². The summed E-state index contributed by atoms with van der Waals surface area (Å²) in [6, 6.07) is 3.55. The largest absolute Gasteiger partial charge is 0.573 e. The van der Waals surface area contributed by atoms with E-state index in [0.717, 1.165) is 18.6 Å². The van der Waals surface area contributed by atoms with Crippen LogP contribution in [0.2, 0.25) is 0 Å². The van der Waals surface area contributed by atoms with Crippen molar-refractivity contribution >= 4 is 26.0 Å². The molecule has 27 heavy (non-hydrogen) atoms. The number of rotatable bonds is 4. The topological polar surface area (TPSA) is 46.6 Å². The predicted octanol–water partition coefficient (Wildman–Crippen LogP) is 4.88. The summed E-state index contributed by atoms with van der Waals surface area (Å²) in [6.45, 7) is 0.541. The zero-order valence-corrected chi connectivity index (χ0v) is 16.7. The van der Waals surface area contributed by atoms with Gasteiger partial charge in [-0.15, -0.1) is 13.2 Å². The van der Waals surface area contributed by atoms with E-state index in [1.54, 1.807) is 0 Å². The average molecular weight is 466 g/mol. The molecule has 0 atom stereocenters. The first-order valence-corrected chi connectivity index (χ1v) is 10.8. The van der Waals surface area contributed by atoms with Gasteiger partial charge in [-0.05, 0) is 49.3 Å². The van der Waals surface area contributed by atoms with Gasteiger partial charge in [0.15, 0.2) is 5.75 Å². The van der Waals surface area contributed by atoms with Crippen LogP contribution in [0, 0.1) is 11.8 Å². The predicted molar refractivity (Wildman–Crippen MR) is 98.7 cm³/mol. The van der Waals surface area contributed by atoms with Crippen LogP contribution in [0.3, 0.4) is 0 Å². The molecule has 0 amide bonds. The minimum absolute atomic E-state index is 0.271. The number of hydrogen-bond donors (Lipinski definition) is 0. The lowest BCUT2D eigenvalue weighted by Gasteiger charge is -2.34. The smallest absolute Gasteiger partial charge is 0.404 e. The number of alkyl halides is 3. The van der Waals surface area contributed by atoms with E-state index in [9.17, 15) is 21.6 Å². The van der Waals surface area contributed by atoms with E-state index < -0.39 is 27.0 Å². The highest BCUT2D eigenvalue weighted by molar-refractivity contribution is 9.10. The Morgan fingerprint density at radius 1 is 1.11 bits per heavy atom. The summed E-state index contributed by atoms with van der Waals surface area (Å²) in [4.78, 5) is -0.473. The highest BCUT2D eigenvalue weighted by Gasteiger charge is 2.37. The lowest BCUT2D eigenvalue weighted by atomic mass is 9.83. The van der Waals surface area contributed by atoms with Gasteiger partial charge in [-0.1, -0.05) is 40.2 Å². The second-order valence-electron chi connectivity index (χ2n) is 6.55. The van der Waals surface area contributed by atoms with Crippen molar-refractivity contribution in [3.8, 4) is 5.75 Å². The Labute approximate surface area is 164 Å². The summed E-state index contributed by atoms with van der Waals surface area (Å²) in [5.41, 5.74) is 0. The fraction of sp³-hybridized carbons (Fsp3) is 0.444. The minimum Gasteiger partial charge on any atom is -0.404 e. The van der Waals surface area contributed by atoms with Gasteiger partial charge in [0, 0.05) is 17.6 Å². The number of hydrogen-bond acceptors (Lipinski definition) is 3. The monoisotopic (exact) mass is 465 g/mol. The van der Waals surface area contributed by atoms with E-state index in [4.69, 9.17) is 0 Å². The number of nitrogens with zero attached hydrogens (tertiary/aromatic N) is 1. The Hall–Kier alpha value is -1.32. The molecule has 1 aliphatic carbocycles. The summed E-state index contributed by atoms with van der Waals surface area (Å²) in [5.74, 6) is -0.0994. The van der Waals surface area contributed by atoms with Crippen LogP contribution in [-0.2, 0) is 10.0 Å². The number of sulfonamides is 1. The van der Waals surface area contributed by atoms with Crippen molar-refractivity contribution in [1.29, 1.82) is 0 Å². The molecule has 148 valence electrons. The van der Waals surface area contributed by atoms with Crippen molar-refractivity contribution in [1.82, 2.24) is 4.31 Å². The van der Waals surface area contributed by atoms with Crippen molar-refractivity contribution < 1.29 is 26.3 Å². The van der Waals surface area contributed by atoms with Crippen LogP contribution in [0.4, 0.5) is 13.2 Å². The normalized spacial score (nSPS) is 20.1. The van der Waals surface area contributed by atoms with Gasteiger partial charge in [0.1, 0.15) is 4.90 Å². The number of benzene rings is 1. The molecule has 0 N–H and O–H groups in total. The van der Waals surface area contributed by atoms with Gasteiger partial charge >= 0.3 is 6.36 Å². The first-order chi connectivity index (χ1) is 12.7. The Morgan fingerprint density at radius 2 is 1.74 bits per heavy atom. The number of allylic oxidation sites excluding steroid dienone is 4. The Bertz CT molecular complexity index is 832. The molecule has 0 aromatic heterocycles. The fourth-order valence-electron chi connectivity index (χ4n) is 3.47. The maximum Gasteiger partial charge on any atom is 0.573 e. The van der Waals surface area contributed by atoms with Crippen molar-refractivity contribution in [3.05, 3.63) is 47.0 Å². The molecule has 1 aliphatic heterocycles.